The fraction of sp³-hybridized carbons (Fsp3) is 0.636. The molecule has 0 aromatic carbocycles. The van der Waals surface area contributed by atoms with Crippen molar-refractivity contribution in [1.29, 1.82) is 0 Å². The number of hydrogen-bond donors (Lipinski definition) is 0. The minimum absolute atomic E-state index is 0.817. The van der Waals surface area contributed by atoms with Crippen molar-refractivity contribution in [3.63, 3.8) is 0 Å². The smallest absolute Gasteiger partial charge is 0.0256 e. The van der Waals surface area contributed by atoms with E-state index in [0.717, 1.165) is 5.92 Å². The Morgan fingerprint density at radius 1 is 1.36 bits per heavy atom. The zero-order valence-corrected chi connectivity index (χ0v) is 8.22. The average Bonchev–Trinajstić information content (AvgIpc) is 2.03. The van der Waals surface area contributed by atoms with Gasteiger partial charge in [0, 0.05) is 0 Å². The van der Waals surface area contributed by atoms with Crippen molar-refractivity contribution in [1.82, 2.24) is 0 Å². The van der Waals surface area contributed by atoms with E-state index in [9.17, 15) is 0 Å². The van der Waals surface area contributed by atoms with Crippen LogP contribution in [0.2, 0.25) is 0 Å². The third-order valence-corrected chi connectivity index (χ3v) is 2.03. The van der Waals surface area contributed by atoms with Crippen LogP contribution >= 0.6 is 0 Å². The minimum atomic E-state index is 0.817. The van der Waals surface area contributed by atoms with Gasteiger partial charge in [0.2, 0.25) is 0 Å². The molecular formula is C11H20. The molecule has 64 valence electrons. The first-order valence-corrected chi connectivity index (χ1v) is 4.52. The summed E-state index contributed by atoms with van der Waals surface area (Å²) in [6.45, 7) is 8.72. The first-order chi connectivity index (χ1) is 5.24. The standard InChI is InChI=1S/C11H20/c1-5-8-11(7-3)9-10(4)6-2/h5,7-8,10H,6,9H2,1-4H3. The van der Waals surface area contributed by atoms with E-state index in [1.165, 1.54) is 18.4 Å². The van der Waals surface area contributed by atoms with E-state index in [2.05, 4.69) is 45.9 Å². The lowest BCUT2D eigenvalue weighted by Crippen LogP contribution is -1.92. The number of hydrogen-bond acceptors (Lipinski definition) is 0. The summed E-state index contributed by atoms with van der Waals surface area (Å²) in [4.78, 5) is 0. The molecule has 0 N–H and O–H groups in total. The lowest BCUT2D eigenvalue weighted by atomic mass is 9.98. The van der Waals surface area contributed by atoms with Gasteiger partial charge in [-0.25, -0.2) is 0 Å². The molecule has 0 aromatic heterocycles. The second-order valence-corrected chi connectivity index (χ2v) is 3.08. The third-order valence-electron chi connectivity index (χ3n) is 2.03. The van der Waals surface area contributed by atoms with Crippen LogP contribution in [0.15, 0.2) is 23.8 Å². The molecule has 1 unspecified atom stereocenters. The van der Waals surface area contributed by atoms with Crippen LogP contribution in [0.5, 0.6) is 0 Å². The van der Waals surface area contributed by atoms with Crippen molar-refractivity contribution in [2.45, 2.75) is 40.5 Å². The van der Waals surface area contributed by atoms with Gasteiger partial charge in [0.05, 0.1) is 0 Å². The molecule has 0 spiro atoms. The molecule has 0 saturated heterocycles. The summed E-state index contributed by atoms with van der Waals surface area (Å²) >= 11 is 0. The summed E-state index contributed by atoms with van der Waals surface area (Å²) in [5, 5.41) is 0. The van der Waals surface area contributed by atoms with Gasteiger partial charge in [-0.15, -0.1) is 0 Å². The quantitative estimate of drug-likeness (QED) is 0.535. The van der Waals surface area contributed by atoms with E-state index in [-0.39, 0.29) is 0 Å². The van der Waals surface area contributed by atoms with Gasteiger partial charge in [0.15, 0.2) is 0 Å². The maximum absolute atomic E-state index is 2.30. The maximum Gasteiger partial charge on any atom is -0.0256 e. The van der Waals surface area contributed by atoms with Crippen LogP contribution in [0.3, 0.4) is 0 Å². The Morgan fingerprint density at radius 3 is 2.36 bits per heavy atom. The lowest BCUT2D eigenvalue weighted by Gasteiger charge is -2.07. The number of allylic oxidation sites excluding steroid dienone is 4. The third kappa shape index (κ3) is 4.83. The van der Waals surface area contributed by atoms with Gasteiger partial charge in [-0.1, -0.05) is 44.1 Å². The van der Waals surface area contributed by atoms with Crippen molar-refractivity contribution >= 4 is 0 Å². The summed E-state index contributed by atoms with van der Waals surface area (Å²) in [5.74, 6) is 0.817. The molecule has 0 aliphatic rings. The SMILES string of the molecule is CC=CC(=CC)CC(C)CC. The predicted octanol–water partition coefficient (Wildman–Crippen LogP) is 3.95. The van der Waals surface area contributed by atoms with E-state index in [1.807, 2.05) is 0 Å². The molecule has 0 aliphatic carbocycles. The van der Waals surface area contributed by atoms with Gasteiger partial charge in [-0.05, 0) is 26.2 Å². The molecule has 0 heterocycles. The van der Waals surface area contributed by atoms with Gasteiger partial charge in [0.1, 0.15) is 0 Å². The van der Waals surface area contributed by atoms with Crippen molar-refractivity contribution in [2.75, 3.05) is 0 Å². The van der Waals surface area contributed by atoms with Gasteiger partial charge in [-0.2, -0.15) is 0 Å². The van der Waals surface area contributed by atoms with E-state index in [0.29, 0.717) is 0 Å². The highest BCUT2D eigenvalue weighted by Crippen LogP contribution is 2.14. The molecule has 0 bridgehead atoms. The minimum Gasteiger partial charge on any atom is -0.0874 e. The monoisotopic (exact) mass is 152 g/mol. The van der Waals surface area contributed by atoms with Crippen LogP contribution in [-0.4, -0.2) is 0 Å². The Hall–Kier alpha value is -0.520. The van der Waals surface area contributed by atoms with E-state index >= 15 is 0 Å². The van der Waals surface area contributed by atoms with Crippen LogP contribution < -0.4 is 0 Å². The summed E-state index contributed by atoms with van der Waals surface area (Å²) < 4.78 is 0. The second-order valence-electron chi connectivity index (χ2n) is 3.08. The second kappa shape index (κ2) is 6.21. The van der Waals surface area contributed by atoms with Crippen LogP contribution in [0.1, 0.15) is 40.5 Å². The van der Waals surface area contributed by atoms with E-state index < -0.39 is 0 Å². The molecule has 0 saturated carbocycles. The lowest BCUT2D eigenvalue weighted by molar-refractivity contribution is 0.562. The molecule has 1 atom stereocenters. The summed E-state index contributed by atoms with van der Waals surface area (Å²) in [6.07, 6.45) is 9.00. The van der Waals surface area contributed by atoms with Crippen molar-refractivity contribution < 1.29 is 0 Å². The zero-order valence-electron chi connectivity index (χ0n) is 8.22. The highest BCUT2D eigenvalue weighted by atomic mass is 14.0. The Kier molecular flexibility index (Phi) is 5.91. The average molecular weight is 152 g/mol. The Labute approximate surface area is 71.0 Å². The fourth-order valence-electron chi connectivity index (χ4n) is 1.04. The molecule has 0 aromatic rings. The van der Waals surface area contributed by atoms with Gasteiger partial charge in [0.25, 0.3) is 0 Å². The topological polar surface area (TPSA) is 0 Å². The van der Waals surface area contributed by atoms with Gasteiger partial charge in [-0.3, -0.25) is 0 Å². The molecule has 0 nitrogen and oxygen atoms in total. The molecule has 0 radical (unpaired) electrons. The van der Waals surface area contributed by atoms with Crippen molar-refractivity contribution in [2.24, 2.45) is 5.92 Å². The normalized spacial score (nSPS) is 15.8. The Balaban J connectivity index is 3.89. The Morgan fingerprint density at radius 2 is 2.00 bits per heavy atom. The molecule has 0 heteroatoms. The molecule has 0 amide bonds. The molecular weight excluding hydrogens is 132 g/mol. The Bertz CT molecular complexity index is 140. The summed E-state index contributed by atoms with van der Waals surface area (Å²) in [5.41, 5.74) is 1.46. The highest BCUT2D eigenvalue weighted by molar-refractivity contribution is 5.17. The predicted molar refractivity (Wildman–Crippen MR) is 52.6 cm³/mol. The van der Waals surface area contributed by atoms with E-state index in [1.54, 1.807) is 0 Å². The van der Waals surface area contributed by atoms with Crippen LogP contribution in [0, 0.1) is 5.92 Å². The maximum atomic E-state index is 2.30. The van der Waals surface area contributed by atoms with Crippen molar-refractivity contribution in [3.8, 4) is 0 Å². The fourth-order valence-corrected chi connectivity index (χ4v) is 1.04. The van der Waals surface area contributed by atoms with Crippen LogP contribution in [-0.2, 0) is 0 Å². The van der Waals surface area contributed by atoms with Crippen LogP contribution in [0.4, 0.5) is 0 Å². The highest BCUT2D eigenvalue weighted by Gasteiger charge is 1.99. The van der Waals surface area contributed by atoms with Gasteiger partial charge >= 0.3 is 0 Å². The first kappa shape index (κ1) is 10.5. The molecule has 0 aliphatic heterocycles. The first-order valence-electron chi connectivity index (χ1n) is 4.52. The molecule has 0 rings (SSSR count). The molecule has 0 fully saturated rings. The number of rotatable bonds is 4. The van der Waals surface area contributed by atoms with E-state index in [4.69, 9.17) is 0 Å². The largest absolute Gasteiger partial charge is 0.0874 e. The zero-order chi connectivity index (χ0) is 8.69. The van der Waals surface area contributed by atoms with Gasteiger partial charge < -0.3 is 0 Å². The summed E-state index contributed by atoms with van der Waals surface area (Å²) in [6, 6.07) is 0. The summed E-state index contributed by atoms with van der Waals surface area (Å²) in [7, 11) is 0. The van der Waals surface area contributed by atoms with Crippen LogP contribution in [0.25, 0.3) is 0 Å². The molecule has 11 heavy (non-hydrogen) atoms. The van der Waals surface area contributed by atoms with Crippen molar-refractivity contribution in [3.05, 3.63) is 23.8 Å².